The van der Waals surface area contributed by atoms with Gasteiger partial charge in [0.2, 0.25) is 5.91 Å². The highest BCUT2D eigenvalue weighted by atomic mass is 16.6. The van der Waals surface area contributed by atoms with E-state index in [1.54, 1.807) is 48.5 Å². The fraction of sp³-hybridized carbons (Fsp3) is 0.154. The molecule has 1 atom stereocenters. The average molecular weight is 474 g/mol. The molecule has 0 aliphatic carbocycles. The SMILES string of the molecule is CC(=O)Nc1cccc([C@](Nc2ccc(C(=N)N)cc2)(OC(C)=O)C(=O)NCc2ccccc2)c1. The van der Waals surface area contributed by atoms with Crippen molar-refractivity contribution >= 4 is 35.0 Å². The van der Waals surface area contributed by atoms with Crippen LogP contribution < -0.4 is 21.7 Å². The van der Waals surface area contributed by atoms with Crippen LogP contribution in [0.5, 0.6) is 0 Å². The van der Waals surface area contributed by atoms with Gasteiger partial charge in [0.15, 0.2) is 0 Å². The van der Waals surface area contributed by atoms with Crippen LogP contribution in [-0.4, -0.2) is 23.6 Å². The predicted molar refractivity (Wildman–Crippen MR) is 134 cm³/mol. The van der Waals surface area contributed by atoms with Crippen molar-refractivity contribution < 1.29 is 19.1 Å². The number of esters is 1. The fourth-order valence-electron chi connectivity index (χ4n) is 3.46. The minimum absolute atomic E-state index is 0.105. The van der Waals surface area contributed by atoms with Gasteiger partial charge in [-0.05, 0) is 42.0 Å². The number of carbonyl (C=O) groups excluding carboxylic acids is 3. The lowest BCUT2D eigenvalue weighted by atomic mass is 9.99. The summed E-state index contributed by atoms with van der Waals surface area (Å²) in [6, 6.07) is 22.2. The number of nitrogens with two attached hydrogens (primary N) is 1. The Kier molecular flexibility index (Phi) is 7.83. The molecule has 0 fully saturated rings. The normalized spacial score (nSPS) is 12.1. The third kappa shape index (κ3) is 6.44. The summed E-state index contributed by atoms with van der Waals surface area (Å²) in [7, 11) is 0. The van der Waals surface area contributed by atoms with Gasteiger partial charge in [0.25, 0.3) is 11.6 Å². The zero-order chi connectivity index (χ0) is 25.4. The maximum atomic E-state index is 13.7. The van der Waals surface area contributed by atoms with Gasteiger partial charge in [0.05, 0.1) is 0 Å². The smallest absolute Gasteiger partial charge is 0.305 e. The van der Waals surface area contributed by atoms with E-state index in [2.05, 4.69) is 16.0 Å². The summed E-state index contributed by atoms with van der Waals surface area (Å²) in [5.41, 5.74) is 6.09. The molecule has 0 saturated carbocycles. The molecule has 0 radical (unpaired) electrons. The van der Waals surface area contributed by atoms with E-state index in [0.717, 1.165) is 5.56 Å². The van der Waals surface area contributed by atoms with Crippen LogP contribution in [0.2, 0.25) is 0 Å². The number of hydrogen-bond acceptors (Lipinski definition) is 6. The number of hydrogen-bond donors (Lipinski definition) is 5. The first-order valence-electron chi connectivity index (χ1n) is 10.8. The van der Waals surface area contributed by atoms with E-state index in [1.165, 1.54) is 13.8 Å². The Morgan fingerprint density at radius 3 is 2.20 bits per heavy atom. The van der Waals surface area contributed by atoms with E-state index in [1.807, 2.05) is 30.3 Å². The minimum atomic E-state index is -1.97. The largest absolute Gasteiger partial charge is 0.425 e. The number of amides is 2. The van der Waals surface area contributed by atoms with Crippen molar-refractivity contribution in [1.29, 1.82) is 5.41 Å². The van der Waals surface area contributed by atoms with E-state index < -0.39 is 17.6 Å². The van der Waals surface area contributed by atoms with E-state index in [9.17, 15) is 14.4 Å². The second kappa shape index (κ2) is 11.0. The van der Waals surface area contributed by atoms with E-state index in [-0.39, 0.29) is 18.3 Å². The quantitative estimate of drug-likeness (QED) is 0.140. The summed E-state index contributed by atoms with van der Waals surface area (Å²) in [5, 5.41) is 16.1. The zero-order valence-corrected chi connectivity index (χ0v) is 19.4. The molecule has 0 heterocycles. The zero-order valence-electron chi connectivity index (χ0n) is 19.4. The molecule has 0 spiro atoms. The van der Waals surface area contributed by atoms with Gasteiger partial charge in [0, 0.05) is 42.9 Å². The number of ether oxygens (including phenoxy) is 1. The lowest BCUT2D eigenvalue weighted by molar-refractivity contribution is -0.165. The molecule has 3 aromatic rings. The summed E-state index contributed by atoms with van der Waals surface area (Å²) in [4.78, 5) is 37.6. The molecule has 35 heavy (non-hydrogen) atoms. The number of anilines is 2. The Labute approximate surface area is 203 Å². The van der Waals surface area contributed by atoms with Crippen LogP contribution in [0.3, 0.4) is 0 Å². The second-order valence-corrected chi connectivity index (χ2v) is 7.82. The lowest BCUT2D eigenvalue weighted by Crippen LogP contribution is -2.52. The standard InChI is InChI=1S/C26H27N5O4/c1-17(32)30-23-10-6-9-21(15-23)26(35-18(2)33,25(34)29-16-19-7-4-3-5-8-19)31-22-13-11-20(12-14-22)24(27)28/h3-15,31H,16H2,1-2H3,(H3,27,28)(H,29,34)(H,30,32)/t26-/m0/s1. The number of nitrogens with one attached hydrogen (secondary N) is 4. The molecular weight excluding hydrogens is 446 g/mol. The molecule has 3 rings (SSSR count). The van der Waals surface area contributed by atoms with Crippen LogP contribution in [0.1, 0.15) is 30.5 Å². The molecule has 2 amide bonds. The topological polar surface area (TPSA) is 146 Å². The summed E-state index contributed by atoms with van der Waals surface area (Å²) in [6.07, 6.45) is 0. The summed E-state index contributed by atoms with van der Waals surface area (Å²) in [6.45, 7) is 2.77. The average Bonchev–Trinajstić information content (AvgIpc) is 2.82. The van der Waals surface area contributed by atoms with Crippen molar-refractivity contribution in [3.05, 3.63) is 95.6 Å². The number of carbonyl (C=O) groups is 3. The molecule has 180 valence electrons. The maximum Gasteiger partial charge on any atom is 0.305 e. The molecule has 0 aliphatic heterocycles. The van der Waals surface area contributed by atoms with Crippen LogP contribution in [0.25, 0.3) is 0 Å². The van der Waals surface area contributed by atoms with Gasteiger partial charge in [-0.2, -0.15) is 0 Å². The van der Waals surface area contributed by atoms with Crippen LogP contribution in [0.4, 0.5) is 11.4 Å². The Hall–Kier alpha value is -4.66. The molecule has 6 N–H and O–H groups in total. The molecule has 9 heteroatoms. The Morgan fingerprint density at radius 1 is 0.914 bits per heavy atom. The second-order valence-electron chi connectivity index (χ2n) is 7.82. The van der Waals surface area contributed by atoms with Gasteiger partial charge in [-0.1, -0.05) is 42.5 Å². The lowest BCUT2D eigenvalue weighted by Gasteiger charge is -2.34. The Balaban J connectivity index is 2.07. The van der Waals surface area contributed by atoms with E-state index in [4.69, 9.17) is 15.9 Å². The van der Waals surface area contributed by atoms with Crippen LogP contribution in [0, 0.1) is 5.41 Å². The van der Waals surface area contributed by atoms with Crippen molar-refractivity contribution in [2.75, 3.05) is 10.6 Å². The molecule has 0 unspecified atom stereocenters. The number of rotatable bonds is 9. The highest BCUT2D eigenvalue weighted by Crippen LogP contribution is 2.31. The molecule has 0 saturated heterocycles. The highest BCUT2D eigenvalue weighted by molar-refractivity contribution is 5.96. The minimum Gasteiger partial charge on any atom is -0.425 e. The summed E-state index contributed by atoms with van der Waals surface area (Å²) in [5.74, 6) is -1.71. The third-order valence-corrected chi connectivity index (χ3v) is 5.02. The molecule has 3 aromatic carbocycles. The first-order chi connectivity index (χ1) is 16.7. The first-order valence-corrected chi connectivity index (χ1v) is 10.8. The molecule has 0 bridgehead atoms. The number of amidine groups is 1. The molecule has 9 nitrogen and oxygen atoms in total. The van der Waals surface area contributed by atoms with Gasteiger partial charge in [-0.15, -0.1) is 0 Å². The Morgan fingerprint density at radius 2 is 1.60 bits per heavy atom. The van der Waals surface area contributed by atoms with Gasteiger partial charge in [-0.25, -0.2) is 0 Å². The monoisotopic (exact) mass is 473 g/mol. The first kappa shape index (κ1) is 25.0. The fourth-order valence-corrected chi connectivity index (χ4v) is 3.46. The van der Waals surface area contributed by atoms with E-state index in [0.29, 0.717) is 22.5 Å². The van der Waals surface area contributed by atoms with Crippen molar-refractivity contribution in [2.45, 2.75) is 26.1 Å². The van der Waals surface area contributed by atoms with Crippen LogP contribution >= 0.6 is 0 Å². The van der Waals surface area contributed by atoms with Gasteiger partial charge in [0.1, 0.15) is 5.84 Å². The molecule has 0 aromatic heterocycles. The summed E-state index contributed by atoms with van der Waals surface area (Å²) < 4.78 is 5.67. The predicted octanol–water partition coefficient (Wildman–Crippen LogP) is 3.07. The molecular formula is C26H27N5O4. The molecule has 0 aliphatic rings. The van der Waals surface area contributed by atoms with Gasteiger partial charge >= 0.3 is 5.97 Å². The van der Waals surface area contributed by atoms with Gasteiger partial charge < -0.3 is 26.4 Å². The third-order valence-electron chi connectivity index (χ3n) is 5.02. The number of benzene rings is 3. The van der Waals surface area contributed by atoms with Crippen molar-refractivity contribution in [2.24, 2.45) is 5.73 Å². The Bertz CT molecular complexity index is 1230. The van der Waals surface area contributed by atoms with Crippen molar-refractivity contribution in [3.63, 3.8) is 0 Å². The maximum absolute atomic E-state index is 13.7. The number of nitrogen functional groups attached to an aromatic ring is 1. The van der Waals surface area contributed by atoms with Gasteiger partial charge in [-0.3, -0.25) is 19.8 Å². The van der Waals surface area contributed by atoms with Crippen molar-refractivity contribution in [1.82, 2.24) is 5.32 Å². The van der Waals surface area contributed by atoms with Crippen LogP contribution in [-0.2, 0) is 31.4 Å². The van der Waals surface area contributed by atoms with Crippen LogP contribution in [0.15, 0.2) is 78.9 Å². The highest BCUT2D eigenvalue weighted by Gasteiger charge is 2.44. The summed E-state index contributed by atoms with van der Waals surface area (Å²) >= 11 is 0. The van der Waals surface area contributed by atoms with E-state index >= 15 is 0 Å². The van der Waals surface area contributed by atoms with Crippen molar-refractivity contribution in [3.8, 4) is 0 Å².